The lowest BCUT2D eigenvalue weighted by Crippen LogP contribution is -2.33. The van der Waals surface area contributed by atoms with E-state index in [0.717, 1.165) is 0 Å². The van der Waals surface area contributed by atoms with E-state index >= 15 is 0 Å². The van der Waals surface area contributed by atoms with Crippen molar-refractivity contribution in [3.8, 4) is 5.75 Å². The lowest BCUT2D eigenvalue weighted by molar-refractivity contribution is -0.122. The molecule has 0 heterocycles. The van der Waals surface area contributed by atoms with E-state index in [2.05, 4.69) is 10.9 Å². The van der Waals surface area contributed by atoms with E-state index in [9.17, 15) is 9.18 Å². The van der Waals surface area contributed by atoms with Gasteiger partial charge in [0.1, 0.15) is 11.6 Å². The Bertz CT molecular complexity index is 635. The summed E-state index contributed by atoms with van der Waals surface area (Å²) in [5, 5.41) is 0.755. The summed E-state index contributed by atoms with van der Waals surface area (Å²) in [5.41, 5.74) is 5.61. The molecule has 1 amide bonds. The molecule has 21 heavy (non-hydrogen) atoms. The number of hydrogen-bond donors (Lipinski definition) is 2. The van der Waals surface area contributed by atoms with Gasteiger partial charge < -0.3 is 4.74 Å². The number of amides is 1. The molecule has 0 atom stereocenters. The smallest absolute Gasteiger partial charge is 0.276 e. The van der Waals surface area contributed by atoms with Crippen LogP contribution in [0.5, 0.6) is 5.75 Å². The topological polar surface area (TPSA) is 50.4 Å². The predicted molar refractivity (Wildman–Crippen MR) is 80.1 cm³/mol. The van der Waals surface area contributed by atoms with Crippen LogP contribution in [0.25, 0.3) is 0 Å². The first-order valence-corrected chi connectivity index (χ1v) is 6.68. The molecular formula is C14H11Cl2FN2O2. The summed E-state index contributed by atoms with van der Waals surface area (Å²) >= 11 is 11.6. The molecule has 2 rings (SSSR count). The number of nitrogens with one attached hydrogen (secondary N) is 2. The molecule has 0 aliphatic rings. The average Bonchev–Trinajstić information content (AvgIpc) is 2.48. The van der Waals surface area contributed by atoms with E-state index in [-0.39, 0.29) is 12.4 Å². The van der Waals surface area contributed by atoms with Crippen molar-refractivity contribution in [2.24, 2.45) is 0 Å². The third-order valence-corrected chi connectivity index (χ3v) is 3.19. The van der Waals surface area contributed by atoms with Crippen molar-refractivity contribution in [1.82, 2.24) is 5.43 Å². The van der Waals surface area contributed by atoms with Gasteiger partial charge in [0.15, 0.2) is 6.61 Å². The van der Waals surface area contributed by atoms with Gasteiger partial charge in [0.2, 0.25) is 0 Å². The van der Waals surface area contributed by atoms with Gasteiger partial charge in [-0.1, -0.05) is 23.2 Å². The standard InChI is InChI=1S/C14H11Cl2FN2O2/c15-12-6-5-11(7-13(12)16)21-8-14(20)19-18-10-3-1-9(17)2-4-10/h1-7,18H,8H2,(H,19,20). The van der Waals surface area contributed by atoms with E-state index in [1.165, 1.54) is 30.3 Å². The molecule has 0 bridgehead atoms. The first-order chi connectivity index (χ1) is 10.0. The molecule has 0 aliphatic heterocycles. The molecule has 0 aromatic heterocycles. The maximum Gasteiger partial charge on any atom is 0.276 e. The molecule has 2 N–H and O–H groups in total. The lowest BCUT2D eigenvalue weighted by atomic mass is 10.3. The van der Waals surface area contributed by atoms with Crippen molar-refractivity contribution in [2.45, 2.75) is 0 Å². The first kappa shape index (κ1) is 15.4. The summed E-state index contributed by atoms with van der Waals surface area (Å²) in [6.07, 6.45) is 0. The number of carbonyl (C=O) groups is 1. The third-order valence-electron chi connectivity index (χ3n) is 2.45. The van der Waals surface area contributed by atoms with Crippen LogP contribution in [-0.4, -0.2) is 12.5 Å². The number of rotatable bonds is 5. The maximum atomic E-state index is 12.7. The normalized spacial score (nSPS) is 10.0. The van der Waals surface area contributed by atoms with Crippen LogP contribution < -0.4 is 15.6 Å². The van der Waals surface area contributed by atoms with Crippen molar-refractivity contribution < 1.29 is 13.9 Å². The zero-order chi connectivity index (χ0) is 15.2. The Hall–Kier alpha value is -1.98. The van der Waals surface area contributed by atoms with E-state index in [1.54, 1.807) is 12.1 Å². The number of hydrogen-bond acceptors (Lipinski definition) is 3. The van der Waals surface area contributed by atoms with Crippen LogP contribution in [0.4, 0.5) is 10.1 Å². The molecule has 0 unspecified atom stereocenters. The van der Waals surface area contributed by atoms with Crippen LogP contribution >= 0.6 is 23.2 Å². The van der Waals surface area contributed by atoms with E-state index in [0.29, 0.717) is 21.5 Å². The molecule has 0 saturated carbocycles. The number of halogens is 3. The number of carbonyl (C=O) groups excluding carboxylic acids is 1. The van der Waals surface area contributed by atoms with Crippen LogP contribution in [0.1, 0.15) is 0 Å². The number of ether oxygens (including phenoxy) is 1. The van der Waals surface area contributed by atoms with E-state index < -0.39 is 5.91 Å². The summed E-state index contributed by atoms with van der Waals surface area (Å²) in [5.74, 6) is -0.318. The Balaban J connectivity index is 1.79. The Labute approximate surface area is 130 Å². The molecular weight excluding hydrogens is 318 g/mol. The van der Waals surface area contributed by atoms with Gasteiger partial charge in [-0.2, -0.15) is 0 Å². The van der Waals surface area contributed by atoms with E-state index in [4.69, 9.17) is 27.9 Å². The molecule has 0 saturated heterocycles. The van der Waals surface area contributed by atoms with Gasteiger partial charge in [-0.25, -0.2) is 4.39 Å². The predicted octanol–water partition coefficient (Wildman–Crippen LogP) is 3.65. The van der Waals surface area contributed by atoms with Gasteiger partial charge in [0, 0.05) is 6.07 Å². The van der Waals surface area contributed by atoms with Crippen LogP contribution in [-0.2, 0) is 4.79 Å². The van der Waals surface area contributed by atoms with Gasteiger partial charge in [0.25, 0.3) is 5.91 Å². The highest BCUT2D eigenvalue weighted by atomic mass is 35.5. The van der Waals surface area contributed by atoms with E-state index in [1.807, 2.05) is 0 Å². The fourth-order valence-electron chi connectivity index (χ4n) is 1.43. The molecule has 2 aromatic rings. The second kappa shape index (κ2) is 7.15. The molecule has 0 spiro atoms. The highest BCUT2D eigenvalue weighted by Crippen LogP contribution is 2.26. The average molecular weight is 329 g/mol. The molecule has 0 radical (unpaired) electrons. The van der Waals surface area contributed by atoms with Gasteiger partial charge in [0.05, 0.1) is 15.7 Å². The van der Waals surface area contributed by atoms with Crippen molar-refractivity contribution in [3.05, 3.63) is 58.3 Å². The van der Waals surface area contributed by atoms with Crippen LogP contribution in [0.3, 0.4) is 0 Å². The Morgan fingerprint density at radius 1 is 1.10 bits per heavy atom. The molecule has 7 heteroatoms. The minimum absolute atomic E-state index is 0.202. The molecule has 4 nitrogen and oxygen atoms in total. The second-order valence-electron chi connectivity index (χ2n) is 4.04. The molecule has 0 aliphatic carbocycles. The highest BCUT2D eigenvalue weighted by Gasteiger charge is 2.04. The zero-order valence-corrected chi connectivity index (χ0v) is 12.2. The number of benzene rings is 2. The molecule has 110 valence electrons. The Kier molecular flexibility index (Phi) is 5.25. The summed E-state index contributed by atoms with van der Waals surface area (Å²) < 4.78 is 18.0. The maximum absolute atomic E-state index is 12.7. The lowest BCUT2D eigenvalue weighted by Gasteiger charge is -2.10. The van der Waals surface area contributed by atoms with Crippen molar-refractivity contribution in [1.29, 1.82) is 0 Å². The minimum Gasteiger partial charge on any atom is -0.484 e. The third kappa shape index (κ3) is 4.81. The largest absolute Gasteiger partial charge is 0.484 e. The van der Waals surface area contributed by atoms with Crippen LogP contribution in [0.2, 0.25) is 10.0 Å². The number of hydrazine groups is 1. The van der Waals surface area contributed by atoms with Crippen LogP contribution in [0.15, 0.2) is 42.5 Å². The van der Waals surface area contributed by atoms with Gasteiger partial charge >= 0.3 is 0 Å². The Morgan fingerprint density at radius 2 is 1.81 bits per heavy atom. The van der Waals surface area contributed by atoms with Crippen molar-refractivity contribution in [3.63, 3.8) is 0 Å². The van der Waals surface area contributed by atoms with Crippen molar-refractivity contribution >= 4 is 34.8 Å². The SMILES string of the molecule is O=C(COc1ccc(Cl)c(Cl)c1)NNc1ccc(F)cc1. The fourth-order valence-corrected chi connectivity index (χ4v) is 1.71. The monoisotopic (exact) mass is 328 g/mol. The first-order valence-electron chi connectivity index (χ1n) is 5.93. The minimum atomic E-state index is -0.398. The summed E-state index contributed by atoms with van der Waals surface area (Å²) in [7, 11) is 0. The van der Waals surface area contributed by atoms with Gasteiger partial charge in [-0.3, -0.25) is 15.6 Å². The summed E-state index contributed by atoms with van der Waals surface area (Å²) in [6.45, 7) is -0.202. The fraction of sp³-hybridized carbons (Fsp3) is 0.0714. The second-order valence-corrected chi connectivity index (χ2v) is 4.86. The highest BCUT2D eigenvalue weighted by molar-refractivity contribution is 6.42. The molecule has 2 aromatic carbocycles. The summed E-state index contributed by atoms with van der Waals surface area (Å²) in [6, 6.07) is 10.2. The van der Waals surface area contributed by atoms with Gasteiger partial charge in [-0.05, 0) is 36.4 Å². The van der Waals surface area contributed by atoms with Gasteiger partial charge in [-0.15, -0.1) is 0 Å². The quantitative estimate of drug-likeness (QED) is 0.823. The molecule has 0 fully saturated rings. The van der Waals surface area contributed by atoms with Crippen LogP contribution in [0, 0.1) is 5.82 Å². The zero-order valence-electron chi connectivity index (χ0n) is 10.7. The Morgan fingerprint density at radius 3 is 2.48 bits per heavy atom. The number of anilines is 1. The van der Waals surface area contributed by atoms with Crippen molar-refractivity contribution in [2.75, 3.05) is 12.0 Å². The summed E-state index contributed by atoms with van der Waals surface area (Å²) in [4.78, 5) is 11.6.